The van der Waals surface area contributed by atoms with Gasteiger partial charge in [-0.3, -0.25) is 0 Å². The van der Waals surface area contributed by atoms with E-state index in [0.29, 0.717) is 11.5 Å². The quantitative estimate of drug-likeness (QED) is 0.422. The summed E-state index contributed by atoms with van der Waals surface area (Å²) in [6.07, 6.45) is 0. The number of fused-ring (bicyclic) bond motifs is 1. The summed E-state index contributed by atoms with van der Waals surface area (Å²) < 4.78 is 6.46. The average molecular weight is 497 g/mol. The molecule has 2 aromatic carbocycles. The number of hydrogen-bond donors (Lipinski definition) is 0. The normalized spacial score (nSPS) is 14.1. The minimum atomic E-state index is -0.654. The van der Waals surface area contributed by atoms with Crippen LogP contribution in [0.15, 0.2) is 53.0 Å². The number of methoxy groups -OCH3 is 1. The molecule has 2 heterocycles. The van der Waals surface area contributed by atoms with E-state index in [0.717, 1.165) is 29.9 Å². The molecule has 0 N–H and O–H groups in total. The number of carbonyl (C=O) groups is 1. The van der Waals surface area contributed by atoms with Gasteiger partial charge in [-0.1, -0.05) is 45.0 Å². The number of aryl methyl sites for hydroxylation is 1. The van der Waals surface area contributed by atoms with Crippen molar-refractivity contribution in [2.24, 2.45) is 4.99 Å². The Hall–Kier alpha value is -4.25. The number of hydrogen-bond acceptors (Lipinski definition) is 7. The maximum atomic E-state index is 12.7. The molecule has 190 valence electrons. The number of carbonyl (C=O) groups excluding carboxylic acids is 1. The highest BCUT2D eigenvalue weighted by molar-refractivity contribution is 6.29. The van der Waals surface area contributed by atoms with Crippen LogP contribution in [0.2, 0.25) is 0 Å². The summed E-state index contributed by atoms with van der Waals surface area (Å²) in [5, 5.41) is 14.7. The van der Waals surface area contributed by atoms with Crippen molar-refractivity contribution in [3.8, 4) is 17.5 Å². The second-order valence-electron chi connectivity index (χ2n) is 9.93. The van der Waals surface area contributed by atoms with Crippen LogP contribution in [0.5, 0.6) is 0 Å². The molecule has 1 aliphatic heterocycles. The second-order valence-corrected chi connectivity index (χ2v) is 9.93. The van der Waals surface area contributed by atoms with Gasteiger partial charge in [-0.15, -0.1) is 5.10 Å². The summed E-state index contributed by atoms with van der Waals surface area (Å²) in [6, 6.07) is 16.2. The van der Waals surface area contributed by atoms with E-state index in [2.05, 4.69) is 73.9 Å². The number of allylic oxidation sites excluding steroid dienone is 1. The standard InChI is InChI=1S/C29H32N6O2/c1-8-34(9-2)21-14-15-23(18(3)16-21)31-26-22(17-30)24(28(36)37-7)27-32-25(33-35(26)27)19-10-12-20(13-11-19)29(4,5)6/h10-16H,8-9H2,1-7H3. The molecule has 0 bridgehead atoms. The number of nitrogens with zero attached hydrogens (tertiary/aromatic N) is 6. The fourth-order valence-electron chi connectivity index (χ4n) is 4.36. The van der Waals surface area contributed by atoms with Crippen LogP contribution < -0.4 is 4.90 Å². The van der Waals surface area contributed by atoms with Gasteiger partial charge in [0.1, 0.15) is 17.2 Å². The number of rotatable bonds is 6. The lowest BCUT2D eigenvalue weighted by atomic mass is 9.87. The Morgan fingerprint density at radius 2 is 1.81 bits per heavy atom. The lowest BCUT2D eigenvalue weighted by Gasteiger charge is -2.21. The number of esters is 1. The first kappa shape index (κ1) is 25.8. The predicted molar refractivity (Wildman–Crippen MR) is 146 cm³/mol. The lowest BCUT2D eigenvalue weighted by molar-refractivity contribution is -0.133. The van der Waals surface area contributed by atoms with E-state index in [1.54, 1.807) is 0 Å². The average Bonchev–Trinajstić information content (AvgIpc) is 3.42. The van der Waals surface area contributed by atoms with Gasteiger partial charge < -0.3 is 9.64 Å². The predicted octanol–water partition coefficient (Wildman–Crippen LogP) is 5.44. The first-order chi connectivity index (χ1) is 17.6. The van der Waals surface area contributed by atoms with Crippen molar-refractivity contribution in [2.75, 3.05) is 25.1 Å². The van der Waals surface area contributed by atoms with Gasteiger partial charge in [0.2, 0.25) is 0 Å². The molecule has 0 amide bonds. The summed E-state index contributed by atoms with van der Waals surface area (Å²) >= 11 is 0. The molecule has 1 aliphatic rings. The van der Waals surface area contributed by atoms with Gasteiger partial charge in [0, 0.05) is 24.3 Å². The molecule has 8 heteroatoms. The molecule has 0 saturated heterocycles. The zero-order valence-corrected chi connectivity index (χ0v) is 22.5. The number of anilines is 1. The van der Waals surface area contributed by atoms with Crippen LogP contribution in [0.1, 0.15) is 51.6 Å². The Kier molecular flexibility index (Phi) is 6.99. The number of aliphatic imine (C=N–C) groups is 1. The van der Waals surface area contributed by atoms with Crippen LogP contribution in [0.25, 0.3) is 17.0 Å². The molecule has 0 aliphatic carbocycles. The summed E-state index contributed by atoms with van der Waals surface area (Å²) in [5.74, 6) is 0.282. The minimum Gasteiger partial charge on any atom is -0.465 e. The monoisotopic (exact) mass is 496 g/mol. The van der Waals surface area contributed by atoms with Gasteiger partial charge in [-0.2, -0.15) is 9.94 Å². The Bertz CT molecular complexity index is 1440. The SMILES string of the molecule is CCN(CC)c1ccc(N=C2C(C#N)=C(C(=O)OC)c3nc(-c4ccc(C(C)(C)C)cc4)nn32)c(C)c1. The van der Waals surface area contributed by atoms with Gasteiger partial charge in [0.15, 0.2) is 17.5 Å². The third kappa shape index (κ3) is 4.77. The lowest BCUT2D eigenvalue weighted by Crippen LogP contribution is -2.21. The van der Waals surface area contributed by atoms with Crippen LogP contribution in [0, 0.1) is 18.3 Å². The molecular weight excluding hydrogens is 464 g/mol. The van der Waals surface area contributed by atoms with E-state index >= 15 is 0 Å². The molecule has 37 heavy (non-hydrogen) atoms. The van der Waals surface area contributed by atoms with Crippen LogP contribution >= 0.6 is 0 Å². The van der Waals surface area contributed by atoms with Crippen LogP contribution in [-0.4, -0.2) is 46.8 Å². The van der Waals surface area contributed by atoms with Crippen LogP contribution in [-0.2, 0) is 14.9 Å². The zero-order valence-electron chi connectivity index (χ0n) is 22.5. The van der Waals surface area contributed by atoms with E-state index in [4.69, 9.17) is 9.73 Å². The van der Waals surface area contributed by atoms with E-state index in [-0.39, 0.29) is 28.2 Å². The van der Waals surface area contributed by atoms with E-state index in [9.17, 15) is 10.1 Å². The number of benzene rings is 2. The third-order valence-electron chi connectivity index (χ3n) is 6.55. The maximum Gasteiger partial charge on any atom is 0.343 e. The van der Waals surface area contributed by atoms with Crippen LogP contribution in [0.3, 0.4) is 0 Å². The highest BCUT2D eigenvalue weighted by Crippen LogP contribution is 2.33. The Morgan fingerprint density at radius 3 is 2.35 bits per heavy atom. The highest BCUT2D eigenvalue weighted by atomic mass is 16.5. The number of ether oxygens (including phenoxy) is 1. The Labute approximate surface area is 217 Å². The Balaban J connectivity index is 1.84. The molecule has 1 aromatic heterocycles. The van der Waals surface area contributed by atoms with Crippen molar-refractivity contribution in [2.45, 2.75) is 47.0 Å². The van der Waals surface area contributed by atoms with E-state index < -0.39 is 5.97 Å². The molecule has 4 rings (SSSR count). The molecule has 0 saturated carbocycles. The highest BCUT2D eigenvalue weighted by Gasteiger charge is 2.37. The van der Waals surface area contributed by atoms with E-state index in [1.807, 2.05) is 31.2 Å². The smallest absolute Gasteiger partial charge is 0.343 e. The molecule has 0 spiro atoms. The number of aromatic nitrogens is 3. The van der Waals surface area contributed by atoms with Crippen molar-refractivity contribution in [1.29, 1.82) is 5.26 Å². The fourth-order valence-corrected chi connectivity index (χ4v) is 4.36. The first-order valence-electron chi connectivity index (χ1n) is 12.4. The molecule has 0 atom stereocenters. The Morgan fingerprint density at radius 1 is 1.14 bits per heavy atom. The summed E-state index contributed by atoms with van der Waals surface area (Å²) in [4.78, 5) is 24.4. The second kappa shape index (κ2) is 10.0. The molecular formula is C29H32N6O2. The maximum absolute atomic E-state index is 12.7. The fraction of sp³-hybridized carbons (Fsp3) is 0.345. The van der Waals surface area contributed by atoms with Crippen molar-refractivity contribution < 1.29 is 9.53 Å². The van der Waals surface area contributed by atoms with E-state index in [1.165, 1.54) is 17.4 Å². The molecule has 0 radical (unpaired) electrons. The molecule has 0 unspecified atom stereocenters. The minimum absolute atomic E-state index is 0.0168. The largest absolute Gasteiger partial charge is 0.465 e. The zero-order chi connectivity index (χ0) is 26.9. The molecule has 8 nitrogen and oxygen atoms in total. The van der Waals surface area contributed by atoms with Gasteiger partial charge in [-0.25, -0.2) is 14.8 Å². The van der Waals surface area contributed by atoms with Gasteiger partial charge in [-0.05, 0) is 55.5 Å². The summed E-state index contributed by atoms with van der Waals surface area (Å²) in [6.45, 7) is 14.5. The van der Waals surface area contributed by atoms with Crippen molar-refractivity contribution in [1.82, 2.24) is 14.8 Å². The summed E-state index contributed by atoms with van der Waals surface area (Å²) in [5.41, 5.74) is 4.89. The third-order valence-corrected chi connectivity index (χ3v) is 6.55. The molecule has 0 fully saturated rings. The summed E-state index contributed by atoms with van der Waals surface area (Å²) in [7, 11) is 1.28. The topological polar surface area (TPSA) is 96.4 Å². The number of nitriles is 1. The van der Waals surface area contributed by atoms with Gasteiger partial charge in [0.25, 0.3) is 0 Å². The molecule has 3 aromatic rings. The van der Waals surface area contributed by atoms with Crippen molar-refractivity contribution >= 4 is 28.8 Å². The van der Waals surface area contributed by atoms with Gasteiger partial charge in [0.05, 0.1) is 12.8 Å². The van der Waals surface area contributed by atoms with Crippen molar-refractivity contribution in [3.05, 3.63) is 65.0 Å². The van der Waals surface area contributed by atoms with Crippen LogP contribution in [0.4, 0.5) is 11.4 Å². The first-order valence-corrected chi connectivity index (χ1v) is 12.4. The van der Waals surface area contributed by atoms with Gasteiger partial charge >= 0.3 is 5.97 Å². The van der Waals surface area contributed by atoms with Crippen molar-refractivity contribution in [3.63, 3.8) is 0 Å².